The Balaban J connectivity index is 2.88. The Hall–Kier alpha value is -2.08. The molecule has 3 nitrogen and oxygen atoms in total. The van der Waals surface area contributed by atoms with E-state index in [1.807, 2.05) is 18.2 Å². The summed E-state index contributed by atoms with van der Waals surface area (Å²) in [6.45, 7) is 1.50. The van der Waals surface area contributed by atoms with Gasteiger partial charge in [-0.25, -0.2) is 0 Å². The molecule has 2 heterocycles. The van der Waals surface area contributed by atoms with Crippen molar-refractivity contribution >= 4 is 11.3 Å². The maximum absolute atomic E-state index is 11.3. The van der Waals surface area contributed by atoms with Crippen LogP contribution in [0, 0.1) is 11.3 Å². The van der Waals surface area contributed by atoms with E-state index in [0.29, 0.717) is 11.3 Å². The number of pyridine rings is 1. The summed E-state index contributed by atoms with van der Waals surface area (Å²) in [6.07, 6.45) is 1.78. The molecule has 0 atom stereocenters. The van der Waals surface area contributed by atoms with E-state index in [4.69, 9.17) is 5.26 Å². The van der Waals surface area contributed by atoms with Gasteiger partial charge in [-0.3, -0.25) is 4.79 Å². The largest absolute Gasteiger partial charge is 0.313 e. The second kappa shape index (κ2) is 3.00. The van der Waals surface area contributed by atoms with Gasteiger partial charge in [0.1, 0.15) is 6.07 Å². The van der Waals surface area contributed by atoms with E-state index in [9.17, 15) is 4.79 Å². The molecule has 0 bridgehead atoms. The Morgan fingerprint density at radius 2 is 2.29 bits per heavy atom. The van der Waals surface area contributed by atoms with Gasteiger partial charge in [0, 0.05) is 13.1 Å². The minimum atomic E-state index is -0.0345. The zero-order valence-corrected chi connectivity index (χ0v) is 7.69. The van der Waals surface area contributed by atoms with E-state index >= 15 is 0 Å². The number of ketones is 1. The number of carbonyl (C=O) groups excluding carboxylic acids is 1. The van der Waals surface area contributed by atoms with Gasteiger partial charge >= 0.3 is 0 Å². The van der Waals surface area contributed by atoms with Crippen molar-refractivity contribution in [1.82, 2.24) is 4.40 Å². The summed E-state index contributed by atoms with van der Waals surface area (Å²) in [7, 11) is 0. The van der Waals surface area contributed by atoms with Gasteiger partial charge in [-0.15, -0.1) is 0 Å². The molecule has 0 saturated heterocycles. The van der Waals surface area contributed by atoms with E-state index in [0.717, 1.165) is 5.52 Å². The van der Waals surface area contributed by atoms with Gasteiger partial charge in [-0.2, -0.15) is 5.26 Å². The van der Waals surface area contributed by atoms with E-state index in [-0.39, 0.29) is 5.78 Å². The molecule has 0 aliphatic carbocycles. The Morgan fingerprint density at radius 1 is 1.50 bits per heavy atom. The lowest BCUT2D eigenvalue weighted by Crippen LogP contribution is -1.96. The predicted molar refractivity (Wildman–Crippen MR) is 52.1 cm³/mol. The van der Waals surface area contributed by atoms with E-state index < -0.39 is 0 Å². The van der Waals surface area contributed by atoms with Crippen LogP contribution in [0.1, 0.15) is 23.0 Å². The van der Waals surface area contributed by atoms with Crippen LogP contribution in [0.5, 0.6) is 0 Å². The third-order valence-corrected chi connectivity index (χ3v) is 2.16. The van der Waals surface area contributed by atoms with Crippen molar-refractivity contribution in [3.63, 3.8) is 0 Å². The van der Waals surface area contributed by atoms with Crippen molar-refractivity contribution in [1.29, 1.82) is 5.26 Å². The quantitative estimate of drug-likeness (QED) is 0.636. The van der Waals surface area contributed by atoms with Gasteiger partial charge in [0.2, 0.25) is 0 Å². The molecule has 0 aliphatic rings. The molecule has 0 fully saturated rings. The van der Waals surface area contributed by atoms with E-state index in [1.54, 1.807) is 16.7 Å². The standard InChI is InChI=1S/C11H8N2O/c1-8(14)11-6-9(7-12)10-4-2-3-5-13(10)11/h2-6H,1H3. The zero-order valence-electron chi connectivity index (χ0n) is 7.69. The Kier molecular flexibility index (Phi) is 1.83. The Morgan fingerprint density at radius 3 is 2.93 bits per heavy atom. The second-order valence-corrected chi connectivity index (χ2v) is 3.07. The molecule has 0 radical (unpaired) electrons. The summed E-state index contributed by atoms with van der Waals surface area (Å²) < 4.78 is 1.74. The first-order valence-electron chi connectivity index (χ1n) is 4.25. The summed E-state index contributed by atoms with van der Waals surface area (Å²) in [5.74, 6) is -0.0345. The maximum atomic E-state index is 11.3. The van der Waals surface area contributed by atoms with Crippen LogP contribution in [0.2, 0.25) is 0 Å². The smallest absolute Gasteiger partial charge is 0.176 e. The molecule has 3 heteroatoms. The number of aromatic nitrogens is 1. The van der Waals surface area contributed by atoms with Crippen LogP contribution in [-0.2, 0) is 0 Å². The Bertz CT molecular complexity index is 546. The number of rotatable bonds is 1. The number of hydrogen-bond acceptors (Lipinski definition) is 2. The summed E-state index contributed by atoms with van der Waals surface area (Å²) in [4.78, 5) is 11.3. The fourth-order valence-electron chi connectivity index (χ4n) is 1.51. The van der Waals surface area contributed by atoms with Crippen molar-refractivity contribution in [2.75, 3.05) is 0 Å². The van der Waals surface area contributed by atoms with Gasteiger partial charge in [0.05, 0.1) is 16.8 Å². The lowest BCUT2D eigenvalue weighted by Gasteiger charge is -1.96. The van der Waals surface area contributed by atoms with Crippen molar-refractivity contribution < 1.29 is 4.79 Å². The summed E-state index contributed by atoms with van der Waals surface area (Å²) >= 11 is 0. The monoisotopic (exact) mass is 184 g/mol. The molecule has 14 heavy (non-hydrogen) atoms. The highest BCUT2D eigenvalue weighted by atomic mass is 16.1. The first-order valence-corrected chi connectivity index (χ1v) is 4.25. The molecule has 0 spiro atoms. The third-order valence-electron chi connectivity index (χ3n) is 2.16. The van der Waals surface area contributed by atoms with Crippen LogP contribution in [0.3, 0.4) is 0 Å². The number of nitrogens with zero attached hydrogens (tertiary/aromatic N) is 2. The molecule has 2 aromatic heterocycles. The average Bonchev–Trinajstić information content (AvgIpc) is 2.56. The minimum Gasteiger partial charge on any atom is -0.313 e. The lowest BCUT2D eigenvalue weighted by atomic mass is 10.2. The van der Waals surface area contributed by atoms with Gasteiger partial charge in [0.25, 0.3) is 0 Å². The number of Topliss-reactive ketones (excluding diaryl/α,β-unsaturated/α-hetero) is 1. The fourth-order valence-corrected chi connectivity index (χ4v) is 1.51. The van der Waals surface area contributed by atoms with Crippen molar-refractivity contribution in [3.05, 3.63) is 41.7 Å². The third kappa shape index (κ3) is 1.09. The minimum absolute atomic E-state index is 0.0345. The fraction of sp³-hybridized carbons (Fsp3) is 0.0909. The van der Waals surface area contributed by atoms with Crippen LogP contribution >= 0.6 is 0 Å². The van der Waals surface area contributed by atoms with Crippen molar-refractivity contribution in [2.24, 2.45) is 0 Å². The second-order valence-electron chi connectivity index (χ2n) is 3.07. The molecule has 0 aliphatic heterocycles. The molecule has 0 unspecified atom stereocenters. The van der Waals surface area contributed by atoms with Crippen LogP contribution in [-0.4, -0.2) is 10.2 Å². The summed E-state index contributed by atoms with van der Waals surface area (Å²) in [5, 5.41) is 8.86. The molecule has 2 rings (SSSR count). The molecule has 0 saturated carbocycles. The molecule has 0 N–H and O–H groups in total. The highest BCUT2D eigenvalue weighted by Crippen LogP contribution is 2.16. The molecule has 2 aromatic rings. The predicted octanol–water partition coefficient (Wildman–Crippen LogP) is 2.01. The van der Waals surface area contributed by atoms with Crippen LogP contribution in [0.25, 0.3) is 5.52 Å². The molecule has 0 amide bonds. The van der Waals surface area contributed by atoms with Gasteiger partial charge < -0.3 is 4.40 Å². The number of nitriles is 1. The molecular weight excluding hydrogens is 176 g/mol. The maximum Gasteiger partial charge on any atom is 0.176 e. The topological polar surface area (TPSA) is 45.3 Å². The molecule has 68 valence electrons. The van der Waals surface area contributed by atoms with Gasteiger partial charge in [-0.1, -0.05) is 6.07 Å². The van der Waals surface area contributed by atoms with Crippen molar-refractivity contribution in [2.45, 2.75) is 6.92 Å². The highest BCUT2D eigenvalue weighted by Gasteiger charge is 2.10. The SMILES string of the molecule is CC(=O)c1cc(C#N)c2ccccn12. The lowest BCUT2D eigenvalue weighted by molar-refractivity contribution is 0.101. The van der Waals surface area contributed by atoms with E-state index in [1.165, 1.54) is 6.92 Å². The van der Waals surface area contributed by atoms with Crippen LogP contribution in [0.15, 0.2) is 30.5 Å². The summed E-state index contributed by atoms with van der Waals surface area (Å²) in [6, 6.07) is 9.20. The molecular formula is C11H8N2O. The first-order chi connectivity index (χ1) is 6.74. The van der Waals surface area contributed by atoms with Crippen LogP contribution < -0.4 is 0 Å². The summed E-state index contributed by atoms with van der Waals surface area (Å²) in [5.41, 5.74) is 1.87. The first kappa shape index (κ1) is 8.52. The number of fused-ring (bicyclic) bond motifs is 1. The normalized spacial score (nSPS) is 10.0. The average molecular weight is 184 g/mol. The van der Waals surface area contributed by atoms with E-state index in [2.05, 4.69) is 6.07 Å². The van der Waals surface area contributed by atoms with Crippen LogP contribution in [0.4, 0.5) is 0 Å². The number of carbonyl (C=O) groups is 1. The number of hydrogen-bond donors (Lipinski definition) is 0. The van der Waals surface area contributed by atoms with Crippen molar-refractivity contribution in [3.8, 4) is 6.07 Å². The zero-order chi connectivity index (χ0) is 10.1. The van der Waals surface area contributed by atoms with Gasteiger partial charge in [0.15, 0.2) is 5.78 Å². The highest BCUT2D eigenvalue weighted by molar-refractivity contribution is 5.95. The molecule has 0 aromatic carbocycles. The van der Waals surface area contributed by atoms with Gasteiger partial charge in [-0.05, 0) is 18.2 Å². The Labute approximate surface area is 81.2 Å².